The molecule has 1 aliphatic rings. The molecule has 9 heteroatoms. The third-order valence-corrected chi connectivity index (χ3v) is 5.76. The van der Waals surface area contributed by atoms with Crippen LogP contribution < -0.4 is 0 Å². The molecular weight excluding hydrogens is 444 g/mol. The highest BCUT2D eigenvalue weighted by Crippen LogP contribution is 2.19. The van der Waals surface area contributed by atoms with Gasteiger partial charge in [-0.3, -0.25) is 9.59 Å². The minimum Gasteiger partial charge on any atom is -0.378 e. The zero-order valence-corrected chi connectivity index (χ0v) is 19.1. The summed E-state index contributed by atoms with van der Waals surface area (Å²) in [6, 6.07) is 14.4. The maximum atomic E-state index is 12.6. The van der Waals surface area contributed by atoms with Gasteiger partial charge in [0.1, 0.15) is 0 Å². The number of carbonyl (C=O) groups is 2. The molecule has 0 spiro atoms. The molecule has 0 N–H and O–H groups in total. The van der Waals surface area contributed by atoms with Crippen molar-refractivity contribution in [3.63, 3.8) is 0 Å². The molecule has 2 amide bonds. The van der Waals surface area contributed by atoms with Crippen molar-refractivity contribution in [1.29, 1.82) is 0 Å². The average molecular weight is 469 g/mol. The van der Waals surface area contributed by atoms with Gasteiger partial charge in [-0.15, -0.1) is 0 Å². The van der Waals surface area contributed by atoms with Gasteiger partial charge in [0.05, 0.1) is 19.6 Å². The Hall–Kier alpha value is -3.23. The van der Waals surface area contributed by atoms with Crippen LogP contribution in [-0.2, 0) is 22.4 Å². The van der Waals surface area contributed by atoms with Crippen LogP contribution in [-0.4, -0.2) is 71.7 Å². The first-order chi connectivity index (χ1) is 16.0. The van der Waals surface area contributed by atoms with Gasteiger partial charge < -0.3 is 19.1 Å². The Morgan fingerprint density at radius 1 is 1.06 bits per heavy atom. The first kappa shape index (κ1) is 22.9. The van der Waals surface area contributed by atoms with Crippen LogP contribution >= 0.6 is 11.6 Å². The lowest BCUT2D eigenvalue weighted by Gasteiger charge is -2.26. The second kappa shape index (κ2) is 10.6. The molecule has 0 saturated carbocycles. The van der Waals surface area contributed by atoms with E-state index in [1.807, 2.05) is 12.1 Å². The summed E-state index contributed by atoms with van der Waals surface area (Å²) < 4.78 is 10.7. The lowest BCUT2D eigenvalue weighted by atomic mass is 10.1. The van der Waals surface area contributed by atoms with Gasteiger partial charge in [0.25, 0.3) is 11.8 Å². The maximum Gasteiger partial charge on any atom is 0.257 e. The predicted molar refractivity (Wildman–Crippen MR) is 123 cm³/mol. The molecule has 3 aromatic rings. The summed E-state index contributed by atoms with van der Waals surface area (Å²) in [6.45, 7) is 2.81. The van der Waals surface area contributed by atoms with E-state index in [0.717, 1.165) is 11.1 Å². The molecule has 172 valence electrons. The molecule has 33 heavy (non-hydrogen) atoms. The number of ether oxygens (including phenoxy) is 1. The SMILES string of the molecule is CN(CCc1noc(-c2ccc(C(=O)N3CCOCC3)cc2)n1)C(=O)Cc1ccc(Cl)cc1. The summed E-state index contributed by atoms with van der Waals surface area (Å²) in [5.74, 6) is 0.888. The van der Waals surface area contributed by atoms with E-state index in [-0.39, 0.29) is 11.8 Å². The van der Waals surface area contributed by atoms with Gasteiger partial charge in [-0.1, -0.05) is 28.9 Å². The van der Waals surface area contributed by atoms with Crippen molar-refractivity contribution in [2.75, 3.05) is 39.9 Å². The van der Waals surface area contributed by atoms with E-state index in [4.69, 9.17) is 20.9 Å². The van der Waals surface area contributed by atoms with E-state index in [9.17, 15) is 9.59 Å². The quantitative estimate of drug-likeness (QED) is 0.529. The highest BCUT2D eigenvalue weighted by atomic mass is 35.5. The number of rotatable bonds is 7. The minimum atomic E-state index is -0.0117. The number of halogens is 1. The van der Waals surface area contributed by atoms with Gasteiger partial charge in [0, 0.05) is 49.3 Å². The zero-order valence-electron chi connectivity index (χ0n) is 18.4. The Kier molecular flexibility index (Phi) is 7.36. The average Bonchev–Trinajstić information content (AvgIpc) is 3.33. The molecule has 0 aliphatic carbocycles. The maximum absolute atomic E-state index is 12.6. The van der Waals surface area contributed by atoms with Crippen LogP contribution in [0.1, 0.15) is 21.7 Å². The van der Waals surface area contributed by atoms with Gasteiger partial charge >= 0.3 is 0 Å². The number of likely N-dealkylation sites (N-methyl/N-ethyl adjacent to an activating group) is 1. The molecule has 2 aromatic carbocycles. The van der Waals surface area contributed by atoms with Crippen LogP contribution in [0, 0.1) is 0 Å². The molecule has 0 atom stereocenters. The van der Waals surface area contributed by atoms with Gasteiger partial charge in [-0.25, -0.2) is 0 Å². The van der Waals surface area contributed by atoms with E-state index >= 15 is 0 Å². The molecule has 1 aromatic heterocycles. The fourth-order valence-electron chi connectivity index (χ4n) is 3.48. The summed E-state index contributed by atoms with van der Waals surface area (Å²) in [7, 11) is 1.75. The number of morpholine rings is 1. The van der Waals surface area contributed by atoms with Gasteiger partial charge in [0.2, 0.25) is 5.91 Å². The van der Waals surface area contributed by atoms with Crippen molar-refractivity contribution >= 4 is 23.4 Å². The molecule has 0 bridgehead atoms. The summed E-state index contributed by atoms with van der Waals surface area (Å²) in [5, 5.41) is 4.67. The van der Waals surface area contributed by atoms with Crippen LogP contribution in [0.15, 0.2) is 53.1 Å². The van der Waals surface area contributed by atoms with E-state index in [2.05, 4.69) is 10.1 Å². The second-order valence-corrected chi connectivity index (χ2v) is 8.30. The largest absolute Gasteiger partial charge is 0.378 e. The smallest absolute Gasteiger partial charge is 0.257 e. The molecular formula is C24H25ClN4O4. The monoisotopic (exact) mass is 468 g/mol. The molecule has 1 saturated heterocycles. The summed E-state index contributed by atoms with van der Waals surface area (Å²) >= 11 is 5.89. The van der Waals surface area contributed by atoms with Crippen LogP contribution in [0.3, 0.4) is 0 Å². The van der Waals surface area contributed by atoms with Crippen LogP contribution in [0.5, 0.6) is 0 Å². The minimum absolute atomic E-state index is 0.00145. The van der Waals surface area contributed by atoms with Crippen molar-refractivity contribution in [1.82, 2.24) is 19.9 Å². The number of amides is 2. The van der Waals surface area contributed by atoms with E-state index in [0.29, 0.717) is 68.0 Å². The van der Waals surface area contributed by atoms with Gasteiger partial charge in [-0.2, -0.15) is 4.98 Å². The Bertz CT molecular complexity index is 1090. The third kappa shape index (κ3) is 5.97. The summed E-state index contributed by atoms with van der Waals surface area (Å²) in [4.78, 5) is 32.9. The zero-order chi connectivity index (χ0) is 23.2. The molecule has 1 fully saturated rings. The van der Waals surface area contributed by atoms with Crippen LogP contribution in [0.25, 0.3) is 11.5 Å². The number of hydrogen-bond donors (Lipinski definition) is 0. The van der Waals surface area contributed by atoms with Crippen molar-refractivity contribution in [3.8, 4) is 11.5 Å². The fraction of sp³-hybridized carbons (Fsp3) is 0.333. The molecule has 0 unspecified atom stereocenters. The first-order valence-corrected chi connectivity index (χ1v) is 11.2. The Labute approximate surface area is 197 Å². The molecule has 0 radical (unpaired) electrons. The number of hydrogen-bond acceptors (Lipinski definition) is 6. The normalized spacial score (nSPS) is 13.7. The molecule has 2 heterocycles. The van der Waals surface area contributed by atoms with E-state index in [1.165, 1.54) is 0 Å². The highest BCUT2D eigenvalue weighted by molar-refractivity contribution is 6.30. The number of nitrogens with zero attached hydrogens (tertiary/aromatic N) is 4. The Morgan fingerprint density at radius 2 is 1.76 bits per heavy atom. The Balaban J connectivity index is 1.30. The van der Waals surface area contributed by atoms with Crippen molar-refractivity contribution in [2.24, 2.45) is 0 Å². The lowest BCUT2D eigenvalue weighted by Crippen LogP contribution is -2.40. The van der Waals surface area contributed by atoms with Crippen molar-refractivity contribution in [3.05, 3.63) is 70.5 Å². The van der Waals surface area contributed by atoms with E-state index < -0.39 is 0 Å². The Morgan fingerprint density at radius 3 is 2.45 bits per heavy atom. The first-order valence-electron chi connectivity index (χ1n) is 10.8. The molecule has 4 rings (SSSR count). The standard InChI is InChI=1S/C24H25ClN4O4/c1-28(22(30)16-17-2-8-20(25)9-3-17)11-10-21-26-23(33-27-21)18-4-6-19(7-5-18)24(31)29-12-14-32-15-13-29/h2-9H,10-16H2,1H3. The van der Waals surface area contributed by atoms with Gasteiger partial charge in [-0.05, 0) is 42.0 Å². The van der Waals surface area contributed by atoms with Crippen molar-refractivity contribution in [2.45, 2.75) is 12.8 Å². The predicted octanol–water partition coefficient (Wildman–Crippen LogP) is 3.11. The van der Waals surface area contributed by atoms with Gasteiger partial charge in [0.15, 0.2) is 5.82 Å². The second-order valence-electron chi connectivity index (χ2n) is 7.87. The lowest BCUT2D eigenvalue weighted by molar-refractivity contribution is -0.129. The summed E-state index contributed by atoms with van der Waals surface area (Å²) in [6.07, 6.45) is 0.778. The molecule has 8 nitrogen and oxygen atoms in total. The highest BCUT2D eigenvalue weighted by Gasteiger charge is 2.19. The van der Waals surface area contributed by atoms with Crippen molar-refractivity contribution < 1.29 is 18.8 Å². The molecule has 1 aliphatic heterocycles. The topological polar surface area (TPSA) is 88.8 Å². The van der Waals surface area contributed by atoms with Crippen LogP contribution in [0.4, 0.5) is 0 Å². The fourth-order valence-corrected chi connectivity index (χ4v) is 3.61. The number of aromatic nitrogens is 2. The number of carbonyl (C=O) groups excluding carboxylic acids is 2. The third-order valence-electron chi connectivity index (χ3n) is 5.51. The van der Waals surface area contributed by atoms with Crippen LogP contribution in [0.2, 0.25) is 5.02 Å². The van der Waals surface area contributed by atoms with E-state index in [1.54, 1.807) is 53.2 Å². The summed E-state index contributed by atoms with van der Waals surface area (Å²) in [5.41, 5.74) is 2.26. The number of benzene rings is 2.